The standard InChI is InChI=1S/C20H32N4O2S/c1-15(2)18-13-24(9-10-27-18)20(21-3)22-12-16-7-6-8-17(11-16)26-14-19(25)23(4)5/h6-8,11,15,18H,9-10,12-14H2,1-5H3,(H,21,22). The molecular formula is C20H32N4O2S. The van der Waals surface area contributed by atoms with Gasteiger partial charge in [-0.1, -0.05) is 26.0 Å². The summed E-state index contributed by atoms with van der Waals surface area (Å²) in [4.78, 5) is 20.0. The number of likely N-dealkylation sites (N-methyl/N-ethyl adjacent to an activating group) is 1. The van der Waals surface area contributed by atoms with Crippen LogP contribution in [0.3, 0.4) is 0 Å². The predicted molar refractivity (Wildman–Crippen MR) is 113 cm³/mol. The van der Waals surface area contributed by atoms with E-state index in [4.69, 9.17) is 4.74 Å². The molecule has 1 unspecified atom stereocenters. The summed E-state index contributed by atoms with van der Waals surface area (Å²) >= 11 is 2.06. The van der Waals surface area contributed by atoms with Gasteiger partial charge >= 0.3 is 0 Å². The zero-order chi connectivity index (χ0) is 19.8. The van der Waals surface area contributed by atoms with E-state index in [9.17, 15) is 4.79 Å². The molecule has 27 heavy (non-hydrogen) atoms. The molecule has 150 valence electrons. The van der Waals surface area contributed by atoms with E-state index in [2.05, 4.69) is 40.8 Å². The largest absolute Gasteiger partial charge is 0.484 e. The van der Waals surface area contributed by atoms with Gasteiger partial charge < -0.3 is 19.9 Å². The molecule has 2 rings (SSSR count). The first kappa shape index (κ1) is 21.4. The van der Waals surface area contributed by atoms with Gasteiger partial charge in [0.1, 0.15) is 5.75 Å². The molecular weight excluding hydrogens is 360 g/mol. The Kier molecular flexibility index (Phi) is 8.28. The highest BCUT2D eigenvalue weighted by Gasteiger charge is 2.24. The highest BCUT2D eigenvalue weighted by atomic mass is 32.2. The Morgan fingerprint density at radius 2 is 2.22 bits per heavy atom. The quantitative estimate of drug-likeness (QED) is 0.595. The molecule has 1 N–H and O–H groups in total. The van der Waals surface area contributed by atoms with Crippen LogP contribution < -0.4 is 10.1 Å². The molecule has 0 aromatic heterocycles. The maximum absolute atomic E-state index is 11.7. The van der Waals surface area contributed by atoms with E-state index in [1.54, 1.807) is 14.1 Å². The van der Waals surface area contributed by atoms with Crippen LogP contribution in [0.2, 0.25) is 0 Å². The molecule has 0 radical (unpaired) electrons. The minimum atomic E-state index is -0.0541. The monoisotopic (exact) mass is 392 g/mol. The van der Waals surface area contributed by atoms with Gasteiger partial charge in [0.05, 0.1) is 0 Å². The molecule has 1 aliphatic rings. The number of rotatable bonds is 6. The van der Waals surface area contributed by atoms with Crippen LogP contribution in [0.4, 0.5) is 0 Å². The Labute approximate surface area is 167 Å². The third-order valence-corrected chi connectivity index (χ3v) is 6.10. The summed E-state index contributed by atoms with van der Waals surface area (Å²) in [5.41, 5.74) is 1.10. The minimum absolute atomic E-state index is 0.0492. The average Bonchev–Trinajstić information content (AvgIpc) is 2.67. The fourth-order valence-electron chi connectivity index (χ4n) is 2.80. The van der Waals surface area contributed by atoms with Crippen molar-refractivity contribution in [2.45, 2.75) is 25.6 Å². The number of ether oxygens (including phenoxy) is 1. The van der Waals surface area contributed by atoms with Crippen molar-refractivity contribution in [2.75, 3.05) is 46.6 Å². The first-order valence-corrected chi connectivity index (χ1v) is 10.4. The second-order valence-corrected chi connectivity index (χ2v) is 8.57. The van der Waals surface area contributed by atoms with Crippen molar-refractivity contribution in [2.24, 2.45) is 10.9 Å². The number of aliphatic imine (C=N–C) groups is 1. The number of guanidine groups is 1. The average molecular weight is 393 g/mol. The summed E-state index contributed by atoms with van der Waals surface area (Å²) in [7, 11) is 5.28. The lowest BCUT2D eigenvalue weighted by Crippen LogP contribution is -2.48. The first-order chi connectivity index (χ1) is 12.9. The van der Waals surface area contributed by atoms with E-state index in [0.29, 0.717) is 23.5 Å². The summed E-state index contributed by atoms with van der Waals surface area (Å²) in [6.45, 7) is 7.32. The van der Waals surface area contributed by atoms with Crippen LogP contribution in [-0.4, -0.2) is 73.5 Å². The lowest BCUT2D eigenvalue weighted by Gasteiger charge is -2.36. The highest BCUT2D eigenvalue weighted by molar-refractivity contribution is 8.00. The molecule has 1 atom stereocenters. The van der Waals surface area contributed by atoms with Gasteiger partial charge in [0, 0.05) is 51.8 Å². The molecule has 1 amide bonds. The lowest BCUT2D eigenvalue weighted by atomic mass is 10.1. The van der Waals surface area contributed by atoms with E-state index < -0.39 is 0 Å². The van der Waals surface area contributed by atoms with Gasteiger partial charge in [0.2, 0.25) is 0 Å². The molecule has 1 aromatic carbocycles. The van der Waals surface area contributed by atoms with E-state index >= 15 is 0 Å². The van der Waals surface area contributed by atoms with Crippen molar-refractivity contribution >= 4 is 23.6 Å². The van der Waals surface area contributed by atoms with Crippen molar-refractivity contribution in [3.8, 4) is 5.75 Å². The molecule has 7 heteroatoms. The lowest BCUT2D eigenvalue weighted by molar-refractivity contribution is -0.130. The Bertz CT molecular complexity index is 649. The molecule has 1 aromatic rings. The molecule has 0 bridgehead atoms. The maximum atomic E-state index is 11.7. The molecule has 1 heterocycles. The summed E-state index contributed by atoms with van der Waals surface area (Å²) in [6.07, 6.45) is 0. The predicted octanol–water partition coefficient (Wildman–Crippen LogP) is 2.30. The van der Waals surface area contributed by atoms with Gasteiger partial charge in [0.25, 0.3) is 5.91 Å². The highest BCUT2D eigenvalue weighted by Crippen LogP contribution is 2.25. The van der Waals surface area contributed by atoms with Crippen molar-refractivity contribution in [3.05, 3.63) is 29.8 Å². The number of nitrogens with zero attached hydrogens (tertiary/aromatic N) is 3. The van der Waals surface area contributed by atoms with Gasteiger partial charge in [-0.2, -0.15) is 11.8 Å². The number of thioether (sulfide) groups is 1. The minimum Gasteiger partial charge on any atom is -0.484 e. The molecule has 0 spiro atoms. The fraction of sp³-hybridized carbons (Fsp3) is 0.600. The van der Waals surface area contributed by atoms with Crippen molar-refractivity contribution in [3.63, 3.8) is 0 Å². The molecule has 0 aliphatic carbocycles. The third-order valence-electron chi connectivity index (χ3n) is 4.56. The van der Waals surface area contributed by atoms with E-state index in [-0.39, 0.29) is 12.5 Å². The Balaban J connectivity index is 1.91. The van der Waals surface area contributed by atoms with Crippen LogP contribution >= 0.6 is 11.8 Å². The summed E-state index contributed by atoms with van der Waals surface area (Å²) in [5.74, 6) is 3.38. The van der Waals surface area contributed by atoms with Crippen LogP contribution in [0.1, 0.15) is 19.4 Å². The zero-order valence-electron chi connectivity index (χ0n) is 17.1. The van der Waals surface area contributed by atoms with Crippen LogP contribution in [-0.2, 0) is 11.3 Å². The normalized spacial score (nSPS) is 17.8. The topological polar surface area (TPSA) is 57.2 Å². The molecule has 1 saturated heterocycles. The zero-order valence-corrected chi connectivity index (χ0v) is 17.9. The Morgan fingerprint density at radius 1 is 1.44 bits per heavy atom. The number of amides is 1. The second-order valence-electron chi connectivity index (χ2n) is 7.22. The van der Waals surface area contributed by atoms with Gasteiger partial charge in [-0.3, -0.25) is 9.79 Å². The van der Waals surface area contributed by atoms with Crippen LogP contribution in [0.15, 0.2) is 29.3 Å². The number of carbonyl (C=O) groups is 1. The van der Waals surface area contributed by atoms with Crippen LogP contribution in [0.25, 0.3) is 0 Å². The third kappa shape index (κ3) is 6.65. The van der Waals surface area contributed by atoms with E-state index in [1.807, 2.05) is 31.3 Å². The SMILES string of the molecule is CN=C(NCc1cccc(OCC(=O)N(C)C)c1)N1CCSC(C(C)C)C1. The number of hydrogen-bond donors (Lipinski definition) is 1. The number of carbonyl (C=O) groups excluding carboxylic acids is 1. The molecule has 0 saturated carbocycles. The number of benzene rings is 1. The summed E-state index contributed by atoms with van der Waals surface area (Å²) < 4.78 is 5.60. The van der Waals surface area contributed by atoms with Gasteiger partial charge in [-0.15, -0.1) is 0 Å². The summed E-state index contributed by atoms with van der Waals surface area (Å²) in [6, 6.07) is 7.83. The molecule has 1 fully saturated rings. The molecule has 1 aliphatic heterocycles. The van der Waals surface area contributed by atoms with Crippen LogP contribution in [0, 0.1) is 5.92 Å². The Hall–Kier alpha value is -1.89. The molecule has 6 nitrogen and oxygen atoms in total. The van der Waals surface area contributed by atoms with Gasteiger partial charge in [0.15, 0.2) is 12.6 Å². The first-order valence-electron chi connectivity index (χ1n) is 9.39. The van der Waals surface area contributed by atoms with E-state index in [1.165, 1.54) is 4.90 Å². The van der Waals surface area contributed by atoms with E-state index in [0.717, 1.165) is 30.4 Å². The second kappa shape index (κ2) is 10.4. The number of hydrogen-bond acceptors (Lipinski definition) is 4. The van der Waals surface area contributed by atoms with Crippen molar-refractivity contribution < 1.29 is 9.53 Å². The summed E-state index contributed by atoms with van der Waals surface area (Å²) in [5, 5.41) is 4.10. The van der Waals surface area contributed by atoms with Crippen molar-refractivity contribution in [1.29, 1.82) is 0 Å². The van der Waals surface area contributed by atoms with Gasteiger partial charge in [-0.25, -0.2) is 0 Å². The van der Waals surface area contributed by atoms with Crippen molar-refractivity contribution in [1.82, 2.24) is 15.1 Å². The fourth-order valence-corrected chi connectivity index (χ4v) is 4.10. The number of nitrogens with one attached hydrogen (secondary N) is 1. The van der Waals surface area contributed by atoms with Gasteiger partial charge in [-0.05, 0) is 23.6 Å². The smallest absolute Gasteiger partial charge is 0.259 e. The van der Waals surface area contributed by atoms with Crippen LogP contribution in [0.5, 0.6) is 5.75 Å². The maximum Gasteiger partial charge on any atom is 0.259 e. The Morgan fingerprint density at radius 3 is 2.89 bits per heavy atom.